The molecule has 0 bridgehead atoms. The van der Waals surface area contributed by atoms with Gasteiger partial charge in [0.25, 0.3) is 11.8 Å². The van der Waals surface area contributed by atoms with E-state index in [1.165, 1.54) is 0 Å². The molecule has 126 valence electrons. The van der Waals surface area contributed by atoms with Crippen molar-refractivity contribution in [2.24, 2.45) is 0 Å². The van der Waals surface area contributed by atoms with Gasteiger partial charge in [-0.2, -0.15) is 0 Å². The van der Waals surface area contributed by atoms with E-state index in [9.17, 15) is 9.59 Å². The number of carbonyl (C=O) groups excluding carboxylic acids is 2. The highest BCUT2D eigenvalue weighted by Gasteiger charge is 2.11. The third-order valence-corrected chi connectivity index (χ3v) is 4.43. The van der Waals surface area contributed by atoms with Gasteiger partial charge < -0.3 is 10.6 Å². The summed E-state index contributed by atoms with van der Waals surface area (Å²) in [5.41, 5.74) is 2.87. The largest absolute Gasteiger partial charge is 0.350 e. The first kappa shape index (κ1) is 18.2. The van der Waals surface area contributed by atoms with Gasteiger partial charge in [-0.3, -0.25) is 9.59 Å². The number of nitrogens with one attached hydrogen (secondary N) is 2. The van der Waals surface area contributed by atoms with Crippen LogP contribution in [-0.4, -0.2) is 17.9 Å². The molecule has 2 rings (SSSR count). The molecule has 0 saturated heterocycles. The molecule has 0 aliphatic heterocycles. The quantitative estimate of drug-likeness (QED) is 0.789. The summed E-state index contributed by atoms with van der Waals surface area (Å²) in [6, 6.07) is 12.5. The second kappa shape index (κ2) is 8.11. The lowest BCUT2D eigenvalue weighted by molar-refractivity contribution is 0.0937. The van der Waals surface area contributed by atoms with Crippen molar-refractivity contribution >= 4 is 33.4 Å². The predicted octanol–water partition coefficient (Wildman–Crippen LogP) is 4.54. The second-order valence-corrected chi connectivity index (χ2v) is 6.65. The Kier molecular flexibility index (Phi) is 6.15. The van der Waals surface area contributed by atoms with Gasteiger partial charge in [0.05, 0.1) is 5.69 Å². The average molecular weight is 389 g/mol. The van der Waals surface area contributed by atoms with E-state index in [4.69, 9.17) is 0 Å². The summed E-state index contributed by atoms with van der Waals surface area (Å²) in [6.07, 6.45) is 0.873. The Morgan fingerprint density at radius 2 is 1.62 bits per heavy atom. The molecule has 0 radical (unpaired) electrons. The van der Waals surface area contributed by atoms with Crippen molar-refractivity contribution in [3.8, 4) is 0 Å². The summed E-state index contributed by atoms with van der Waals surface area (Å²) in [7, 11) is 0. The van der Waals surface area contributed by atoms with Crippen LogP contribution in [0.1, 0.15) is 46.5 Å². The molecule has 2 aromatic carbocycles. The summed E-state index contributed by atoms with van der Waals surface area (Å²) in [5.74, 6) is -0.342. The molecule has 2 amide bonds. The molecule has 2 N–H and O–H groups in total. The van der Waals surface area contributed by atoms with Crippen molar-refractivity contribution in [1.29, 1.82) is 0 Å². The molecular formula is C19H21BrN2O2. The van der Waals surface area contributed by atoms with Crippen molar-refractivity contribution < 1.29 is 9.59 Å². The number of benzene rings is 2. The fourth-order valence-electron chi connectivity index (χ4n) is 2.10. The number of halogens is 1. The molecule has 0 spiro atoms. The number of carbonyl (C=O) groups is 2. The fraction of sp³-hybridized carbons (Fsp3) is 0.263. The average Bonchev–Trinajstić information content (AvgIpc) is 2.57. The van der Waals surface area contributed by atoms with Crippen molar-refractivity contribution in [3.63, 3.8) is 0 Å². The number of aryl methyl sites for hydroxylation is 1. The normalized spacial score (nSPS) is 11.7. The van der Waals surface area contributed by atoms with E-state index >= 15 is 0 Å². The van der Waals surface area contributed by atoms with Crippen LogP contribution in [0.2, 0.25) is 0 Å². The molecule has 24 heavy (non-hydrogen) atoms. The molecule has 0 saturated carbocycles. The van der Waals surface area contributed by atoms with Gasteiger partial charge in [-0.05, 0) is 78.2 Å². The molecule has 0 heterocycles. The fourth-order valence-corrected chi connectivity index (χ4v) is 2.69. The Morgan fingerprint density at radius 1 is 1.04 bits per heavy atom. The SMILES string of the molecule is CCC(C)NC(=O)c1ccc(C(=O)Nc2ccc(C)cc2Br)cc1. The smallest absolute Gasteiger partial charge is 0.255 e. The lowest BCUT2D eigenvalue weighted by Crippen LogP contribution is -2.31. The van der Waals surface area contributed by atoms with Gasteiger partial charge in [-0.15, -0.1) is 0 Å². The topological polar surface area (TPSA) is 58.2 Å². The zero-order chi connectivity index (χ0) is 17.7. The number of anilines is 1. The van der Waals surface area contributed by atoms with Gasteiger partial charge in [0, 0.05) is 21.6 Å². The summed E-state index contributed by atoms with van der Waals surface area (Å²) >= 11 is 3.44. The van der Waals surface area contributed by atoms with Crippen LogP contribution in [-0.2, 0) is 0 Å². The van der Waals surface area contributed by atoms with Crippen LogP contribution in [0.15, 0.2) is 46.9 Å². The monoisotopic (exact) mass is 388 g/mol. The van der Waals surface area contributed by atoms with E-state index < -0.39 is 0 Å². The zero-order valence-electron chi connectivity index (χ0n) is 14.0. The maximum absolute atomic E-state index is 12.3. The standard InChI is InChI=1S/C19H21BrN2O2/c1-4-13(3)21-18(23)14-6-8-15(9-7-14)19(24)22-17-10-5-12(2)11-16(17)20/h5-11,13H,4H2,1-3H3,(H,21,23)(H,22,24). The van der Waals surface area contributed by atoms with Gasteiger partial charge >= 0.3 is 0 Å². The van der Waals surface area contributed by atoms with Crippen molar-refractivity contribution in [3.05, 3.63) is 63.6 Å². The molecule has 1 unspecified atom stereocenters. The van der Waals surface area contributed by atoms with Gasteiger partial charge in [-0.1, -0.05) is 13.0 Å². The van der Waals surface area contributed by atoms with E-state index in [0.717, 1.165) is 16.5 Å². The molecule has 4 nitrogen and oxygen atoms in total. The van der Waals surface area contributed by atoms with E-state index in [1.54, 1.807) is 24.3 Å². The van der Waals surface area contributed by atoms with Crippen LogP contribution in [0, 0.1) is 6.92 Å². The van der Waals surface area contributed by atoms with Crippen LogP contribution in [0.4, 0.5) is 5.69 Å². The minimum Gasteiger partial charge on any atom is -0.350 e. The van der Waals surface area contributed by atoms with Crippen LogP contribution in [0.25, 0.3) is 0 Å². The maximum Gasteiger partial charge on any atom is 0.255 e. The molecule has 5 heteroatoms. The third kappa shape index (κ3) is 4.68. The Labute approximate surface area is 150 Å². The third-order valence-electron chi connectivity index (χ3n) is 3.77. The minimum atomic E-state index is -0.214. The highest BCUT2D eigenvalue weighted by atomic mass is 79.9. The van der Waals surface area contributed by atoms with E-state index in [2.05, 4.69) is 26.6 Å². The zero-order valence-corrected chi connectivity index (χ0v) is 15.6. The molecule has 0 aliphatic rings. The van der Waals surface area contributed by atoms with Crippen molar-refractivity contribution in [2.75, 3.05) is 5.32 Å². The molecule has 0 fully saturated rings. The lowest BCUT2D eigenvalue weighted by Gasteiger charge is -2.12. The minimum absolute atomic E-state index is 0.124. The number of rotatable bonds is 5. The van der Waals surface area contributed by atoms with Gasteiger partial charge in [0.1, 0.15) is 0 Å². The summed E-state index contributed by atoms with van der Waals surface area (Å²) in [4.78, 5) is 24.4. The van der Waals surface area contributed by atoms with Crippen LogP contribution >= 0.6 is 15.9 Å². The van der Waals surface area contributed by atoms with E-state index in [1.807, 2.05) is 39.0 Å². The van der Waals surface area contributed by atoms with Crippen molar-refractivity contribution in [1.82, 2.24) is 5.32 Å². The first-order valence-electron chi connectivity index (χ1n) is 7.89. The number of hydrogen-bond donors (Lipinski definition) is 2. The van der Waals surface area contributed by atoms with E-state index in [0.29, 0.717) is 16.8 Å². The Balaban J connectivity index is 2.07. The predicted molar refractivity (Wildman–Crippen MR) is 100 cm³/mol. The Bertz CT molecular complexity index is 742. The first-order chi connectivity index (χ1) is 11.4. The van der Waals surface area contributed by atoms with Gasteiger partial charge in [0.2, 0.25) is 0 Å². The van der Waals surface area contributed by atoms with E-state index in [-0.39, 0.29) is 17.9 Å². The van der Waals surface area contributed by atoms with Crippen molar-refractivity contribution in [2.45, 2.75) is 33.2 Å². The molecule has 2 aromatic rings. The van der Waals surface area contributed by atoms with Gasteiger partial charge in [0.15, 0.2) is 0 Å². The van der Waals surface area contributed by atoms with Gasteiger partial charge in [-0.25, -0.2) is 0 Å². The highest BCUT2D eigenvalue weighted by Crippen LogP contribution is 2.24. The molecule has 1 atom stereocenters. The molecule has 0 aliphatic carbocycles. The summed E-state index contributed by atoms with van der Waals surface area (Å²) in [6.45, 7) is 5.96. The first-order valence-corrected chi connectivity index (χ1v) is 8.68. The number of hydrogen-bond acceptors (Lipinski definition) is 2. The van der Waals surface area contributed by atoms with Crippen LogP contribution in [0.5, 0.6) is 0 Å². The second-order valence-electron chi connectivity index (χ2n) is 5.80. The lowest BCUT2D eigenvalue weighted by atomic mass is 10.1. The summed E-state index contributed by atoms with van der Waals surface area (Å²) in [5, 5.41) is 5.76. The van der Waals surface area contributed by atoms with Crippen LogP contribution in [0.3, 0.4) is 0 Å². The maximum atomic E-state index is 12.3. The Hall–Kier alpha value is -2.14. The molecular weight excluding hydrogens is 368 g/mol. The van der Waals surface area contributed by atoms with Crippen LogP contribution < -0.4 is 10.6 Å². The molecule has 0 aromatic heterocycles. The Morgan fingerprint density at radius 3 is 2.17 bits per heavy atom. The number of amides is 2. The highest BCUT2D eigenvalue weighted by molar-refractivity contribution is 9.10. The summed E-state index contributed by atoms with van der Waals surface area (Å²) < 4.78 is 0.834.